The zero-order valence-electron chi connectivity index (χ0n) is 11.4. The summed E-state index contributed by atoms with van der Waals surface area (Å²) in [6, 6.07) is 8.65. The molecule has 0 aliphatic carbocycles. The van der Waals surface area contributed by atoms with Gasteiger partial charge < -0.3 is 20.9 Å². The molecule has 4 N–H and O–H groups in total. The van der Waals surface area contributed by atoms with Gasteiger partial charge >= 0.3 is 6.03 Å². The Morgan fingerprint density at radius 3 is 2.67 bits per heavy atom. The van der Waals surface area contributed by atoms with Crippen molar-refractivity contribution in [2.75, 3.05) is 6.54 Å². The molecule has 0 bridgehead atoms. The normalized spacial score (nSPS) is 11.6. The van der Waals surface area contributed by atoms with Crippen molar-refractivity contribution in [1.82, 2.24) is 20.2 Å². The maximum absolute atomic E-state index is 11.9. The number of nitrogens with two attached hydrogens (primary N) is 1. The monoisotopic (exact) mass is 287 g/mol. The minimum absolute atomic E-state index is 0.150. The van der Waals surface area contributed by atoms with Gasteiger partial charge in [0.25, 0.3) is 0 Å². The highest BCUT2D eigenvalue weighted by Gasteiger charge is 2.15. The molecule has 21 heavy (non-hydrogen) atoms. The Hall–Kier alpha value is -2.83. The van der Waals surface area contributed by atoms with E-state index in [4.69, 9.17) is 5.73 Å². The highest BCUT2D eigenvalue weighted by molar-refractivity contribution is 5.83. The number of carbonyl (C=O) groups excluding carboxylic acids is 2. The SMILES string of the molecule is NC(=O)NCC(=O)N[C@@H](Cn1ccnc1)c1ccccc1. The molecule has 0 aliphatic rings. The second-order valence-electron chi connectivity index (χ2n) is 4.51. The Labute approximate surface area is 122 Å². The summed E-state index contributed by atoms with van der Waals surface area (Å²) < 4.78 is 1.87. The van der Waals surface area contributed by atoms with Gasteiger partial charge in [-0.1, -0.05) is 30.3 Å². The van der Waals surface area contributed by atoms with Crippen molar-refractivity contribution < 1.29 is 9.59 Å². The van der Waals surface area contributed by atoms with Gasteiger partial charge in [0.1, 0.15) is 0 Å². The first-order chi connectivity index (χ1) is 10.1. The average molecular weight is 287 g/mol. The van der Waals surface area contributed by atoms with Crippen LogP contribution >= 0.6 is 0 Å². The number of aromatic nitrogens is 2. The molecule has 110 valence electrons. The van der Waals surface area contributed by atoms with Crippen LogP contribution in [-0.4, -0.2) is 28.0 Å². The molecule has 0 spiro atoms. The maximum Gasteiger partial charge on any atom is 0.312 e. The quantitative estimate of drug-likeness (QED) is 0.717. The number of nitrogens with one attached hydrogen (secondary N) is 2. The first kappa shape index (κ1) is 14.6. The highest BCUT2D eigenvalue weighted by Crippen LogP contribution is 2.14. The Morgan fingerprint density at radius 2 is 2.05 bits per heavy atom. The topological polar surface area (TPSA) is 102 Å². The number of imidazole rings is 1. The first-order valence-electron chi connectivity index (χ1n) is 6.48. The third kappa shape index (κ3) is 4.64. The average Bonchev–Trinajstić information content (AvgIpc) is 2.98. The summed E-state index contributed by atoms with van der Waals surface area (Å²) in [6.45, 7) is 0.398. The van der Waals surface area contributed by atoms with E-state index in [2.05, 4.69) is 15.6 Å². The molecule has 1 aromatic carbocycles. The van der Waals surface area contributed by atoms with E-state index in [-0.39, 0.29) is 18.5 Å². The van der Waals surface area contributed by atoms with Gasteiger partial charge in [0.05, 0.1) is 18.9 Å². The second-order valence-corrected chi connectivity index (χ2v) is 4.51. The standard InChI is InChI=1S/C14H17N5O2/c15-14(21)17-8-13(20)18-12(9-19-7-6-16-10-19)11-4-2-1-3-5-11/h1-7,10,12H,8-9H2,(H,18,20)(H3,15,17,21)/t12-/m0/s1. The van der Waals surface area contributed by atoms with E-state index >= 15 is 0 Å². The Kier molecular flexibility index (Phi) is 4.92. The maximum atomic E-state index is 11.9. The minimum atomic E-state index is -0.726. The van der Waals surface area contributed by atoms with Crippen LogP contribution in [0.1, 0.15) is 11.6 Å². The predicted octanol–water partition coefficient (Wildman–Crippen LogP) is 0.409. The molecular weight excluding hydrogens is 270 g/mol. The lowest BCUT2D eigenvalue weighted by Gasteiger charge is -2.20. The van der Waals surface area contributed by atoms with Gasteiger partial charge in [-0.05, 0) is 5.56 Å². The molecular formula is C14H17N5O2. The van der Waals surface area contributed by atoms with Crippen LogP contribution in [0.5, 0.6) is 0 Å². The fourth-order valence-electron chi connectivity index (χ4n) is 1.94. The van der Waals surface area contributed by atoms with Gasteiger partial charge in [0.15, 0.2) is 0 Å². The van der Waals surface area contributed by atoms with E-state index in [0.29, 0.717) is 6.54 Å². The first-order valence-corrected chi connectivity index (χ1v) is 6.48. The molecule has 3 amide bonds. The summed E-state index contributed by atoms with van der Waals surface area (Å²) in [7, 11) is 0. The summed E-state index contributed by atoms with van der Waals surface area (Å²) in [5.74, 6) is -0.303. The summed E-state index contributed by atoms with van der Waals surface area (Å²) in [5.41, 5.74) is 5.92. The van der Waals surface area contributed by atoms with Crippen LogP contribution in [0.15, 0.2) is 49.1 Å². The van der Waals surface area contributed by atoms with Crippen molar-refractivity contribution in [2.45, 2.75) is 12.6 Å². The molecule has 7 heteroatoms. The highest BCUT2D eigenvalue weighted by atomic mass is 16.2. The molecule has 0 saturated carbocycles. The van der Waals surface area contributed by atoms with Crippen LogP contribution in [0.25, 0.3) is 0 Å². The fourth-order valence-corrected chi connectivity index (χ4v) is 1.94. The second kappa shape index (κ2) is 7.09. The summed E-state index contributed by atoms with van der Waals surface area (Å²) in [6.07, 6.45) is 5.19. The van der Waals surface area contributed by atoms with E-state index in [1.165, 1.54) is 0 Å². The molecule has 0 unspecified atom stereocenters. The van der Waals surface area contributed by atoms with Gasteiger partial charge in [-0.2, -0.15) is 0 Å². The number of urea groups is 1. The van der Waals surface area contributed by atoms with Crippen LogP contribution in [0, 0.1) is 0 Å². The largest absolute Gasteiger partial charge is 0.352 e. The molecule has 7 nitrogen and oxygen atoms in total. The summed E-state index contributed by atoms with van der Waals surface area (Å²) in [4.78, 5) is 26.5. The van der Waals surface area contributed by atoms with Crippen LogP contribution in [-0.2, 0) is 11.3 Å². The lowest BCUT2D eigenvalue weighted by Crippen LogP contribution is -2.41. The molecule has 1 atom stereocenters. The Bertz CT molecular complexity index is 583. The number of carbonyl (C=O) groups is 2. The number of rotatable bonds is 6. The van der Waals surface area contributed by atoms with E-state index in [0.717, 1.165) is 5.56 Å². The Morgan fingerprint density at radius 1 is 1.29 bits per heavy atom. The smallest absolute Gasteiger partial charge is 0.312 e. The number of hydrogen-bond donors (Lipinski definition) is 3. The zero-order valence-corrected chi connectivity index (χ0v) is 11.4. The number of amides is 3. The van der Waals surface area contributed by atoms with Crippen molar-refractivity contribution in [1.29, 1.82) is 0 Å². The minimum Gasteiger partial charge on any atom is -0.352 e. The molecule has 2 aromatic rings. The number of primary amides is 1. The molecule has 0 radical (unpaired) electrons. The molecule has 0 saturated heterocycles. The zero-order chi connectivity index (χ0) is 15.1. The van der Waals surface area contributed by atoms with Crippen molar-refractivity contribution in [3.63, 3.8) is 0 Å². The van der Waals surface area contributed by atoms with E-state index < -0.39 is 6.03 Å². The number of benzene rings is 1. The lowest BCUT2D eigenvalue weighted by molar-refractivity contribution is -0.120. The van der Waals surface area contributed by atoms with E-state index in [9.17, 15) is 9.59 Å². The third-order valence-electron chi connectivity index (χ3n) is 2.91. The van der Waals surface area contributed by atoms with E-state index in [1.54, 1.807) is 12.5 Å². The van der Waals surface area contributed by atoms with Gasteiger partial charge in [-0.15, -0.1) is 0 Å². The van der Waals surface area contributed by atoms with Gasteiger partial charge in [-0.25, -0.2) is 9.78 Å². The van der Waals surface area contributed by atoms with Crippen LogP contribution < -0.4 is 16.4 Å². The van der Waals surface area contributed by atoms with E-state index in [1.807, 2.05) is 41.1 Å². The molecule has 0 fully saturated rings. The van der Waals surface area contributed by atoms with Crippen molar-refractivity contribution in [3.05, 3.63) is 54.6 Å². The number of hydrogen-bond acceptors (Lipinski definition) is 3. The summed E-state index contributed by atoms with van der Waals surface area (Å²) in [5, 5.41) is 5.14. The van der Waals surface area contributed by atoms with Crippen molar-refractivity contribution >= 4 is 11.9 Å². The molecule has 1 heterocycles. The molecule has 0 aliphatic heterocycles. The van der Waals surface area contributed by atoms with Crippen molar-refractivity contribution in [2.24, 2.45) is 5.73 Å². The summed E-state index contributed by atoms with van der Waals surface area (Å²) >= 11 is 0. The predicted molar refractivity (Wildman–Crippen MR) is 77.1 cm³/mol. The lowest BCUT2D eigenvalue weighted by atomic mass is 10.1. The fraction of sp³-hybridized carbons (Fsp3) is 0.214. The van der Waals surface area contributed by atoms with Gasteiger partial charge in [0, 0.05) is 18.9 Å². The third-order valence-corrected chi connectivity index (χ3v) is 2.91. The molecule has 1 aromatic heterocycles. The van der Waals surface area contributed by atoms with Crippen molar-refractivity contribution in [3.8, 4) is 0 Å². The van der Waals surface area contributed by atoms with Crippen LogP contribution in [0.4, 0.5) is 4.79 Å². The van der Waals surface area contributed by atoms with Crippen LogP contribution in [0.2, 0.25) is 0 Å². The molecule has 2 rings (SSSR count). The van der Waals surface area contributed by atoms with Crippen LogP contribution in [0.3, 0.4) is 0 Å². The Balaban J connectivity index is 2.05. The number of nitrogens with zero attached hydrogens (tertiary/aromatic N) is 2. The van der Waals surface area contributed by atoms with Gasteiger partial charge in [-0.3, -0.25) is 4.79 Å². The van der Waals surface area contributed by atoms with Gasteiger partial charge in [0.2, 0.25) is 5.91 Å².